The summed E-state index contributed by atoms with van der Waals surface area (Å²) in [6.45, 7) is -0.119. The zero-order valence-electron chi connectivity index (χ0n) is 17.8. The third kappa shape index (κ3) is 4.69. The van der Waals surface area contributed by atoms with Crippen LogP contribution in [0.4, 0.5) is 11.5 Å². The quantitative estimate of drug-likeness (QED) is 0.451. The summed E-state index contributed by atoms with van der Waals surface area (Å²) < 4.78 is 24.9. The third-order valence-corrected chi connectivity index (χ3v) is 6.36. The second kappa shape index (κ2) is 8.97. The number of anilines is 2. The lowest BCUT2D eigenvalue weighted by Gasteiger charge is -2.25. The van der Waals surface area contributed by atoms with Crippen molar-refractivity contribution in [3.8, 4) is 0 Å². The van der Waals surface area contributed by atoms with Crippen LogP contribution in [0.15, 0.2) is 78.0 Å². The van der Waals surface area contributed by atoms with E-state index in [1.54, 1.807) is 48.7 Å². The molecule has 8 nitrogen and oxygen atoms in total. The molecule has 2 aromatic carbocycles. The van der Waals surface area contributed by atoms with E-state index >= 15 is 0 Å². The molecule has 4 rings (SSSR count). The van der Waals surface area contributed by atoms with Crippen molar-refractivity contribution >= 4 is 38.2 Å². The van der Waals surface area contributed by atoms with Crippen molar-refractivity contribution in [1.82, 2.24) is 9.97 Å². The zero-order valence-corrected chi connectivity index (χ0v) is 18.7. The summed E-state index contributed by atoms with van der Waals surface area (Å²) in [7, 11) is -3.60. The normalized spacial score (nSPS) is 11.5. The van der Waals surface area contributed by atoms with Gasteiger partial charge in [-0.05, 0) is 42.0 Å². The lowest BCUT2D eigenvalue weighted by molar-refractivity contribution is 0.0984. The van der Waals surface area contributed by atoms with Crippen molar-refractivity contribution in [2.45, 2.75) is 18.0 Å². The van der Waals surface area contributed by atoms with E-state index < -0.39 is 9.84 Å². The van der Waals surface area contributed by atoms with Crippen molar-refractivity contribution in [3.63, 3.8) is 0 Å². The number of aliphatic hydroxyl groups excluding tert-OH is 1. The monoisotopic (exact) mass is 462 g/mol. The molecular weight excluding hydrogens is 440 g/mol. The van der Waals surface area contributed by atoms with Crippen LogP contribution in [0.3, 0.4) is 0 Å². The van der Waals surface area contributed by atoms with E-state index in [0.29, 0.717) is 16.6 Å². The van der Waals surface area contributed by atoms with Gasteiger partial charge in [-0.25, -0.2) is 13.4 Å². The summed E-state index contributed by atoms with van der Waals surface area (Å²) in [5.41, 5.74) is 8.39. The highest BCUT2D eigenvalue weighted by molar-refractivity contribution is 7.90. The van der Waals surface area contributed by atoms with E-state index in [0.717, 1.165) is 17.2 Å². The first-order valence-corrected chi connectivity index (χ1v) is 12.0. The van der Waals surface area contributed by atoms with Crippen LogP contribution in [0.25, 0.3) is 10.9 Å². The number of benzene rings is 2. The maximum Gasteiger partial charge on any atom is 0.260 e. The standard InChI is InChI=1S/C24H22N4O4S/c1-33(31,32)22-7-3-2-6-21(22)28(24(30)18-5-4-10-26-13-18)14-16-8-9-17-12-19(15-29)23(25)27-20(17)11-16/h2-13,29H,14-15H2,1H3,(H2,25,27). The summed E-state index contributed by atoms with van der Waals surface area (Å²) in [6.07, 6.45) is 4.11. The van der Waals surface area contributed by atoms with Crippen LogP contribution in [-0.4, -0.2) is 35.7 Å². The van der Waals surface area contributed by atoms with Gasteiger partial charge in [0.15, 0.2) is 9.84 Å². The predicted octanol–water partition coefficient (Wildman–Crippen LogP) is 2.95. The second-order valence-corrected chi connectivity index (χ2v) is 9.57. The van der Waals surface area contributed by atoms with Crippen LogP contribution in [-0.2, 0) is 23.0 Å². The Balaban J connectivity index is 1.82. The Labute approximate surface area is 191 Å². The summed E-state index contributed by atoms with van der Waals surface area (Å²) in [6, 6.07) is 16.9. The minimum Gasteiger partial charge on any atom is -0.392 e. The predicted molar refractivity (Wildman–Crippen MR) is 126 cm³/mol. The maximum absolute atomic E-state index is 13.5. The first kappa shape index (κ1) is 22.4. The number of pyridine rings is 2. The molecule has 2 aromatic heterocycles. The molecule has 0 radical (unpaired) electrons. The van der Waals surface area contributed by atoms with Gasteiger partial charge in [0, 0.05) is 29.6 Å². The van der Waals surface area contributed by atoms with Gasteiger partial charge in [-0.15, -0.1) is 0 Å². The number of nitrogens with zero attached hydrogens (tertiary/aromatic N) is 3. The minimum absolute atomic E-state index is 0.0537. The van der Waals surface area contributed by atoms with E-state index in [-0.39, 0.29) is 35.5 Å². The number of nitrogens with two attached hydrogens (primary N) is 1. The molecule has 1 amide bonds. The summed E-state index contributed by atoms with van der Waals surface area (Å²) in [5, 5.41) is 10.2. The van der Waals surface area contributed by atoms with Gasteiger partial charge in [0.05, 0.1) is 34.8 Å². The highest BCUT2D eigenvalue weighted by atomic mass is 32.2. The van der Waals surface area contributed by atoms with Gasteiger partial charge in [-0.3, -0.25) is 9.78 Å². The van der Waals surface area contributed by atoms with Crippen molar-refractivity contribution < 1.29 is 18.3 Å². The Hall–Kier alpha value is -3.82. The lowest BCUT2D eigenvalue weighted by atomic mass is 10.1. The molecule has 168 valence electrons. The molecule has 3 N–H and O–H groups in total. The van der Waals surface area contributed by atoms with Crippen LogP contribution >= 0.6 is 0 Å². The summed E-state index contributed by atoms with van der Waals surface area (Å²) in [4.78, 5) is 23.3. The second-order valence-electron chi connectivity index (χ2n) is 7.59. The molecular formula is C24H22N4O4S. The van der Waals surface area contributed by atoms with E-state index in [4.69, 9.17) is 5.73 Å². The molecule has 0 atom stereocenters. The molecule has 33 heavy (non-hydrogen) atoms. The fourth-order valence-corrected chi connectivity index (χ4v) is 4.47. The molecule has 2 heterocycles. The van der Waals surface area contributed by atoms with Crippen molar-refractivity contribution in [1.29, 1.82) is 0 Å². The molecule has 0 bridgehead atoms. The van der Waals surface area contributed by atoms with Crippen LogP contribution in [0.2, 0.25) is 0 Å². The minimum atomic E-state index is -3.60. The fourth-order valence-electron chi connectivity index (χ4n) is 3.58. The Morgan fingerprint density at radius 1 is 1.09 bits per heavy atom. The Morgan fingerprint density at radius 3 is 2.58 bits per heavy atom. The van der Waals surface area contributed by atoms with Crippen LogP contribution < -0.4 is 10.6 Å². The number of fused-ring (bicyclic) bond motifs is 1. The molecule has 4 aromatic rings. The Bertz CT molecular complexity index is 1440. The number of sulfone groups is 1. The van der Waals surface area contributed by atoms with Crippen molar-refractivity contribution in [2.24, 2.45) is 0 Å². The summed E-state index contributed by atoms with van der Waals surface area (Å²) in [5.74, 6) is -0.157. The molecule has 0 saturated carbocycles. The van der Waals surface area contributed by atoms with E-state index in [1.165, 1.54) is 17.2 Å². The highest BCUT2D eigenvalue weighted by Crippen LogP contribution is 2.29. The van der Waals surface area contributed by atoms with Gasteiger partial charge in [0.2, 0.25) is 0 Å². The third-order valence-electron chi connectivity index (χ3n) is 5.21. The smallest absolute Gasteiger partial charge is 0.260 e. The number of rotatable bonds is 6. The van der Waals surface area contributed by atoms with Crippen molar-refractivity contribution in [3.05, 3.63) is 89.7 Å². The Morgan fingerprint density at radius 2 is 1.88 bits per heavy atom. The van der Waals surface area contributed by atoms with Gasteiger partial charge >= 0.3 is 0 Å². The number of amides is 1. The summed E-state index contributed by atoms with van der Waals surface area (Å²) >= 11 is 0. The van der Waals surface area contributed by atoms with E-state index in [2.05, 4.69) is 9.97 Å². The maximum atomic E-state index is 13.5. The molecule has 0 spiro atoms. The number of hydrogen-bond acceptors (Lipinski definition) is 7. The van der Waals surface area contributed by atoms with Crippen LogP contribution in [0, 0.1) is 0 Å². The van der Waals surface area contributed by atoms with Gasteiger partial charge in [0.25, 0.3) is 5.91 Å². The Kier molecular flexibility index (Phi) is 6.08. The first-order chi connectivity index (χ1) is 15.8. The largest absolute Gasteiger partial charge is 0.392 e. The number of para-hydroxylation sites is 1. The molecule has 0 aliphatic rings. The van der Waals surface area contributed by atoms with Crippen molar-refractivity contribution in [2.75, 3.05) is 16.9 Å². The van der Waals surface area contributed by atoms with Gasteiger partial charge in [-0.1, -0.05) is 24.3 Å². The highest BCUT2D eigenvalue weighted by Gasteiger charge is 2.24. The molecule has 0 saturated heterocycles. The van der Waals surface area contributed by atoms with Crippen LogP contribution in [0.5, 0.6) is 0 Å². The fraction of sp³-hybridized carbons (Fsp3) is 0.125. The number of aliphatic hydroxyl groups is 1. The van der Waals surface area contributed by atoms with Gasteiger partial charge < -0.3 is 15.7 Å². The average molecular weight is 463 g/mol. The van der Waals surface area contributed by atoms with E-state index in [1.807, 2.05) is 12.1 Å². The first-order valence-electron chi connectivity index (χ1n) is 10.1. The molecule has 0 aliphatic carbocycles. The lowest BCUT2D eigenvalue weighted by Crippen LogP contribution is -2.31. The number of hydrogen-bond donors (Lipinski definition) is 2. The number of carbonyl (C=O) groups excluding carboxylic acids is 1. The van der Waals surface area contributed by atoms with Gasteiger partial charge in [-0.2, -0.15) is 0 Å². The molecule has 0 unspecified atom stereocenters. The number of carbonyl (C=O) groups is 1. The molecule has 0 aliphatic heterocycles. The number of aromatic nitrogens is 2. The van der Waals surface area contributed by atoms with Gasteiger partial charge in [0.1, 0.15) is 5.82 Å². The van der Waals surface area contributed by atoms with Crippen LogP contribution in [0.1, 0.15) is 21.5 Å². The molecule has 9 heteroatoms. The molecule has 0 fully saturated rings. The SMILES string of the molecule is CS(=O)(=O)c1ccccc1N(Cc1ccc2cc(CO)c(N)nc2c1)C(=O)c1cccnc1. The van der Waals surface area contributed by atoms with E-state index in [9.17, 15) is 18.3 Å². The number of nitrogen functional groups attached to an aromatic ring is 1. The average Bonchev–Trinajstić information content (AvgIpc) is 2.81. The zero-order chi connectivity index (χ0) is 23.6. The topological polar surface area (TPSA) is 126 Å².